The van der Waals surface area contributed by atoms with Crippen LogP contribution in [0.25, 0.3) is 0 Å². The summed E-state index contributed by atoms with van der Waals surface area (Å²) in [6, 6.07) is 20.1. The van der Waals surface area contributed by atoms with E-state index in [1.54, 1.807) is 41.3 Å². The number of nitrogens with one attached hydrogen (secondary N) is 1. The van der Waals surface area contributed by atoms with E-state index in [1.807, 2.05) is 30.3 Å². The maximum Gasteiger partial charge on any atom is 0.265 e. The molecule has 1 N–H and O–H groups in total. The van der Waals surface area contributed by atoms with Crippen LogP contribution in [0.2, 0.25) is 0 Å². The van der Waals surface area contributed by atoms with Gasteiger partial charge in [0.05, 0.1) is 12.2 Å². The Bertz CT molecular complexity index is 1130. The fourth-order valence-electron chi connectivity index (χ4n) is 3.46. The summed E-state index contributed by atoms with van der Waals surface area (Å²) in [6.45, 7) is 0.569. The molecular formula is C23H18N2O5. The minimum atomic E-state index is -0.277. The number of hydrogen-bond acceptors (Lipinski definition) is 5. The Labute approximate surface area is 172 Å². The van der Waals surface area contributed by atoms with Gasteiger partial charge in [0.1, 0.15) is 5.75 Å². The van der Waals surface area contributed by atoms with Crippen LogP contribution < -0.4 is 24.4 Å². The molecule has 2 heterocycles. The van der Waals surface area contributed by atoms with Crippen LogP contribution in [0.3, 0.4) is 0 Å². The normalized spacial score (nSPS) is 14.1. The van der Waals surface area contributed by atoms with Gasteiger partial charge in [0.15, 0.2) is 18.1 Å². The molecule has 2 aliphatic heterocycles. The van der Waals surface area contributed by atoms with E-state index in [0.717, 1.165) is 5.56 Å². The molecule has 3 aromatic carbocycles. The second-order valence-corrected chi connectivity index (χ2v) is 6.96. The molecule has 0 atom stereocenters. The molecule has 2 aliphatic rings. The summed E-state index contributed by atoms with van der Waals surface area (Å²) in [7, 11) is 0. The fraction of sp³-hybridized carbons (Fsp3) is 0.130. The number of carbonyl (C=O) groups excluding carboxylic acids is 2. The quantitative estimate of drug-likeness (QED) is 0.722. The maximum absolute atomic E-state index is 12.6. The Morgan fingerprint density at radius 1 is 0.900 bits per heavy atom. The molecule has 3 aromatic rings. The van der Waals surface area contributed by atoms with Crippen LogP contribution in [0.5, 0.6) is 17.2 Å². The van der Waals surface area contributed by atoms with Gasteiger partial charge in [0, 0.05) is 17.3 Å². The van der Waals surface area contributed by atoms with E-state index in [9.17, 15) is 9.59 Å². The molecule has 150 valence electrons. The zero-order chi connectivity index (χ0) is 20.5. The lowest BCUT2D eigenvalue weighted by Crippen LogP contribution is -2.38. The summed E-state index contributed by atoms with van der Waals surface area (Å²) in [5, 5.41) is 2.86. The number of ether oxygens (including phenoxy) is 3. The van der Waals surface area contributed by atoms with Crippen molar-refractivity contribution >= 4 is 23.2 Å². The third kappa shape index (κ3) is 3.41. The maximum atomic E-state index is 12.6. The van der Waals surface area contributed by atoms with Crippen molar-refractivity contribution in [2.24, 2.45) is 0 Å². The molecule has 0 fully saturated rings. The van der Waals surface area contributed by atoms with Gasteiger partial charge in [-0.15, -0.1) is 0 Å². The Balaban J connectivity index is 1.36. The molecule has 0 aromatic heterocycles. The van der Waals surface area contributed by atoms with Crippen LogP contribution in [-0.2, 0) is 11.3 Å². The Hall–Kier alpha value is -4.00. The van der Waals surface area contributed by atoms with Gasteiger partial charge in [0.25, 0.3) is 11.8 Å². The number of fused-ring (bicyclic) bond motifs is 2. The minimum Gasteiger partial charge on any atom is -0.481 e. The Morgan fingerprint density at radius 3 is 2.60 bits per heavy atom. The first-order chi connectivity index (χ1) is 14.7. The molecule has 7 heteroatoms. The fourth-order valence-corrected chi connectivity index (χ4v) is 3.46. The second-order valence-electron chi connectivity index (χ2n) is 6.96. The van der Waals surface area contributed by atoms with Crippen molar-refractivity contribution < 1.29 is 23.8 Å². The van der Waals surface area contributed by atoms with E-state index < -0.39 is 0 Å². The van der Waals surface area contributed by atoms with Crippen LogP contribution in [-0.4, -0.2) is 25.2 Å². The summed E-state index contributed by atoms with van der Waals surface area (Å²) in [4.78, 5) is 26.7. The van der Waals surface area contributed by atoms with Gasteiger partial charge in [-0.1, -0.05) is 30.3 Å². The highest BCUT2D eigenvalue weighted by molar-refractivity contribution is 6.05. The van der Waals surface area contributed by atoms with Crippen LogP contribution in [0.1, 0.15) is 15.9 Å². The molecule has 0 bridgehead atoms. The number of anilines is 2. The smallest absolute Gasteiger partial charge is 0.265 e. The molecule has 2 amide bonds. The molecule has 5 rings (SSSR count). The Morgan fingerprint density at radius 2 is 1.73 bits per heavy atom. The number of carbonyl (C=O) groups is 2. The van der Waals surface area contributed by atoms with E-state index in [0.29, 0.717) is 40.7 Å². The van der Waals surface area contributed by atoms with Crippen molar-refractivity contribution in [2.45, 2.75) is 6.54 Å². The van der Waals surface area contributed by atoms with E-state index >= 15 is 0 Å². The van der Waals surface area contributed by atoms with Gasteiger partial charge >= 0.3 is 0 Å². The van der Waals surface area contributed by atoms with Gasteiger partial charge < -0.3 is 24.4 Å². The van der Waals surface area contributed by atoms with Crippen molar-refractivity contribution in [2.75, 3.05) is 23.6 Å². The third-order valence-electron chi connectivity index (χ3n) is 4.98. The molecule has 0 spiro atoms. The summed E-state index contributed by atoms with van der Waals surface area (Å²) in [6.07, 6.45) is 0. The SMILES string of the molecule is O=C(Nc1ccc2c(c1)OCC(=O)N2Cc1ccccc1)c1ccc2c(c1)OCO2. The number of nitrogens with zero attached hydrogens (tertiary/aromatic N) is 1. The first-order valence-electron chi connectivity index (χ1n) is 9.49. The summed E-state index contributed by atoms with van der Waals surface area (Å²) in [5.41, 5.74) is 2.74. The van der Waals surface area contributed by atoms with Gasteiger partial charge in [-0.25, -0.2) is 0 Å². The topological polar surface area (TPSA) is 77.1 Å². The van der Waals surface area contributed by atoms with E-state index in [4.69, 9.17) is 14.2 Å². The summed E-state index contributed by atoms with van der Waals surface area (Å²) >= 11 is 0. The first-order valence-corrected chi connectivity index (χ1v) is 9.49. The van der Waals surface area contributed by atoms with Crippen LogP contribution in [0, 0.1) is 0 Å². The molecule has 0 saturated carbocycles. The highest BCUT2D eigenvalue weighted by Gasteiger charge is 2.26. The van der Waals surface area contributed by atoms with Crippen molar-refractivity contribution in [1.82, 2.24) is 0 Å². The van der Waals surface area contributed by atoms with E-state index in [-0.39, 0.29) is 25.2 Å². The second kappa shape index (κ2) is 7.44. The number of hydrogen-bond donors (Lipinski definition) is 1. The van der Waals surface area contributed by atoms with Gasteiger partial charge in [-0.05, 0) is 35.9 Å². The third-order valence-corrected chi connectivity index (χ3v) is 4.98. The standard InChI is InChI=1S/C23H18N2O5/c26-22-13-28-20-11-17(7-8-18(20)25(22)12-15-4-2-1-3-5-15)24-23(27)16-6-9-19-21(10-16)30-14-29-19/h1-11H,12-14H2,(H,24,27). The predicted molar refractivity (Wildman–Crippen MR) is 110 cm³/mol. The van der Waals surface area contributed by atoms with E-state index in [2.05, 4.69) is 5.32 Å². The molecule has 30 heavy (non-hydrogen) atoms. The molecule has 0 unspecified atom stereocenters. The van der Waals surface area contributed by atoms with Gasteiger partial charge in [0.2, 0.25) is 6.79 Å². The van der Waals surface area contributed by atoms with Crippen LogP contribution in [0.4, 0.5) is 11.4 Å². The predicted octanol–water partition coefficient (Wildman–Crippen LogP) is 3.59. The monoisotopic (exact) mass is 402 g/mol. The Kier molecular flexibility index (Phi) is 4.48. The van der Waals surface area contributed by atoms with E-state index in [1.165, 1.54) is 0 Å². The highest BCUT2D eigenvalue weighted by Crippen LogP contribution is 2.36. The average molecular weight is 402 g/mol. The molecule has 7 nitrogen and oxygen atoms in total. The number of benzene rings is 3. The summed E-state index contributed by atoms with van der Waals surface area (Å²) < 4.78 is 16.2. The molecular weight excluding hydrogens is 384 g/mol. The van der Waals surface area contributed by atoms with Gasteiger partial charge in [-0.2, -0.15) is 0 Å². The van der Waals surface area contributed by atoms with Crippen molar-refractivity contribution in [1.29, 1.82) is 0 Å². The minimum absolute atomic E-state index is 0.0423. The highest BCUT2D eigenvalue weighted by atomic mass is 16.7. The number of amides is 2. The largest absolute Gasteiger partial charge is 0.481 e. The van der Waals surface area contributed by atoms with Gasteiger partial charge in [-0.3, -0.25) is 9.59 Å². The molecule has 0 radical (unpaired) electrons. The van der Waals surface area contributed by atoms with Crippen molar-refractivity contribution in [3.8, 4) is 17.2 Å². The molecule has 0 aliphatic carbocycles. The van der Waals surface area contributed by atoms with Crippen molar-refractivity contribution in [3.05, 3.63) is 77.9 Å². The lowest BCUT2D eigenvalue weighted by molar-refractivity contribution is -0.121. The van der Waals surface area contributed by atoms with Crippen molar-refractivity contribution in [3.63, 3.8) is 0 Å². The van der Waals surface area contributed by atoms with Crippen LogP contribution in [0.15, 0.2) is 66.7 Å². The van der Waals surface area contributed by atoms with Crippen LogP contribution >= 0.6 is 0 Å². The average Bonchev–Trinajstić information content (AvgIpc) is 3.24. The summed E-state index contributed by atoms with van der Waals surface area (Å²) in [5.74, 6) is 1.34. The lowest BCUT2D eigenvalue weighted by Gasteiger charge is -2.29. The lowest BCUT2D eigenvalue weighted by atomic mass is 10.1. The zero-order valence-electron chi connectivity index (χ0n) is 16.0. The molecule has 0 saturated heterocycles. The first kappa shape index (κ1) is 18.1. The number of rotatable bonds is 4. The zero-order valence-corrected chi connectivity index (χ0v) is 16.0.